The summed E-state index contributed by atoms with van der Waals surface area (Å²) in [4.78, 5) is 12.0. The van der Waals surface area contributed by atoms with Crippen LogP contribution in [0.1, 0.15) is 10.4 Å². The summed E-state index contributed by atoms with van der Waals surface area (Å²) in [6, 6.07) is 8.96. The Morgan fingerprint density at radius 3 is 2.58 bits per heavy atom. The summed E-state index contributed by atoms with van der Waals surface area (Å²) >= 11 is 5.77. The van der Waals surface area contributed by atoms with Crippen LogP contribution in [0.2, 0.25) is 5.02 Å². The molecule has 0 spiro atoms. The number of nitrogen functional groups attached to an aromatic ring is 2. The molecule has 2 rings (SSSR count). The molecule has 6 N–H and O–H groups in total. The lowest BCUT2D eigenvalue weighted by Gasteiger charge is -2.10. The normalized spacial score (nSPS) is 10.2. The summed E-state index contributed by atoms with van der Waals surface area (Å²) in [5.41, 5.74) is 12.5. The number of phenolic OH excluding ortho intramolecular Hbond substituents is 1. The van der Waals surface area contributed by atoms with Crippen LogP contribution in [0.25, 0.3) is 0 Å². The van der Waals surface area contributed by atoms with E-state index in [1.807, 2.05) is 0 Å². The van der Waals surface area contributed by atoms with Crippen molar-refractivity contribution in [2.45, 2.75) is 0 Å². The van der Waals surface area contributed by atoms with E-state index in [-0.39, 0.29) is 11.3 Å². The average Bonchev–Trinajstić information content (AvgIpc) is 2.35. The van der Waals surface area contributed by atoms with Crippen LogP contribution in [-0.4, -0.2) is 11.0 Å². The van der Waals surface area contributed by atoms with Gasteiger partial charge < -0.3 is 21.9 Å². The van der Waals surface area contributed by atoms with Crippen molar-refractivity contribution in [1.82, 2.24) is 0 Å². The molecule has 0 aromatic heterocycles. The lowest BCUT2D eigenvalue weighted by molar-refractivity contribution is 0.102. The number of nitrogens with one attached hydrogen (secondary N) is 1. The van der Waals surface area contributed by atoms with Gasteiger partial charge in [-0.1, -0.05) is 11.6 Å². The Morgan fingerprint density at radius 2 is 1.89 bits per heavy atom. The van der Waals surface area contributed by atoms with Crippen molar-refractivity contribution >= 4 is 34.6 Å². The fourth-order valence-corrected chi connectivity index (χ4v) is 1.75. The van der Waals surface area contributed by atoms with Crippen LogP contribution in [0, 0.1) is 0 Å². The minimum Gasteiger partial charge on any atom is -0.507 e. The first kappa shape index (κ1) is 13.0. The van der Waals surface area contributed by atoms with Crippen molar-refractivity contribution in [3.05, 3.63) is 47.0 Å². The van der Waals surface area contributed by atoms with Gasteiger partial charge in [0.2, 0.25) is 0 Å². The molecular weight excluding hydrogens is 266 g/mol. The molecule has 1 amide bonds. The van der Waals surface area contributed by atoms with E-state index in [2.05, 4.69) is 5.32 Å². The molecule has 0 radical (unpaired) electrons. The molecule has 0 saturated heterocycles. The standard InChI is InChI=1S/C13H12ClN3O2/c14-7-1-3-11(10(16)5-7)17-13(19)9-6-8(15)2-4-12(9)18/h1-6,18H,15-16H2,(H,17,19). The molecule has 0 aliphatic carbocycles. The number of carbonyl (C=O) groups excluding carboxylic acids is 1. The summed E-state index contributed by atoms with van der Waals surface area (Å²) < 4.78 is 0. The predicted octanol–water partition coefficient (Wildman–Crippen LogP) is 2.46. The number of rotatable bonds is 2. The second kappa shape index (κ2) is 5.07. The highest BCUT2D eigenvalue weighted by Crippen LogP contribution is 2.25. The molecular formula is C13H12ClN3O2. The predicted molar refractivity (Wildman–Crippen MR) is 76.3 cm³/mol. The average molecular weight is 278 g/mol. The first-order valence-electron chi connectivity index (χ1n) is 5.42. The largest absolute Gasteiger partial charge is 0.507 e. The van der Waals surface area contributed by atoms with Gasteiger partial charge in [-0.3, -0.25) is 4.79 Å². The second-order valence-corrected chi connectivity index (χ2v) is 4.40. The van der Waals surface area contributed by atoms with Gasteiger partial charge in [0.25, 0.3) is 5.91 Å². The zero-order valence-electron chi connectivity index (χ0n) is 9.85. The zero-order chi connectivity index (χ0) is 14.0. The lowest BCUT2D eigenvalue weighted by Crippen LogP contribution is -2.13. The molecule has 0 aliphatic heterocycles. The van der Waals surface area contributed by atoms with Gasteiger partial charge in [0.15, 0.2) is 0 Å². The van der Waals surface area contributed by atoms with Crippen molar-refractivity contribution in [3.8, 4) is 5.75 Å². The van der Waals surface area contributed by atoms with Gasteiger partial charge >= 0.3 is 0 Å². The summed E-state index contributed by atoms with van der Waals surface area (Å²) in [7, 11) is 0. The monoisotopic (exact) mass is 277 g/mol. The second-order valence-electron chi connectivity index (χ2n) is 3.96. The summed E-state index contributed by atoms with van der Waals surface area (Å²) in [5, 5.41) is 12.7. The van der Waals surface area contributed by atoms with E-state index in [0.29, 0.717) is 22.1 Å². The third-order valence-corrected chi connectivity index (χ3v) is 2.76. The molecule has 19 heavy (non-hydrogen) atoms. The first-order chi connectivity index (χ1) is 8.97. The molecule has 5 nitrogen and oxygen atoms in total. The van der Waals surface area contributed by atoms with Crippen LogP contribution < -0.4 is 16.8 Å². The molecule has 0 unspecified atom stereocenters. The van der Waals surface area contributed by atoms with Crippen LogP contribution in [0.5, 0.6) is 5.75 Å². The van der Waals surface area contributed by atoms with E-state index < -0.39 is 5.91 Å². The van der Waals surface area contributed by atoms with E-state index in [4.69, 9.17) is 23.1 Å². The number of hydrogen-bond acceptors (Lipinski definition) is 4. The summed E-state index contributed by atoms with van der Waals surface area (Å²) in [6.07, 6.45) is 0. The van der Waals surface area contributed by atoms with Gasteiger partial charge in [0, 0.05) is 10.7 Å². The lowest BCUT2D eigenvalue weighted by atomic mass is 10.1. The molecule has 0 fully saturated rings. The smallest absolute Gasteiger partial charge is 0.259 e. The molecule has 6 heteroatoms. The topological polar surface area (TPSA) is 101 Å². The molecule has 98 valence electrons. The zero-order valence-corrected chi connectivity index (χ0v) is 10.6. The molecule has 0 aliphatic rings. The molecule has 2 aromatic carbocycles. The Labute approximate surface area is 114 Å². The van der Waals surface area contributed by atoms with Gasteiger partial charge in [-0.2, -0.15) is 0 Å². The van der Waals surface area contributed by atoms with Gasteiger partial charge in [0.1, 0.15) is 5.75 Å². The number of nitrogens with two attached hydrogens (primary N) is 2. The highest BCUT2D eigenvalue weighted by atomic mass is 35.5. The number of aromatic hydroxyl groups is 1. The summed E-state index contributed by atoms with van der Waals surface area (Å²) in [6.45, 7) is 0. The first-order valence-corrected chi connectivity index (χ1v) is 5.80. The maximum atomic E-state index is 12.0. The van der Waals surface area contributed by atoms with Crippen LogP contribution in [0.15, 0.2) is 36.4 Å². The number of hydrogen-bond donors (Lipinski definition) is 4. The van der Waals surface area contributed by atoms with Crippen LogP contribution in [0.4, 0.5) is 17.1 Å². The minimum absolute atomic E-state index is 0.0781. The number of benzene rings is 2. The maximum absolute atomic E-state index is 12.0. The van der Waals surface area contributed by atoms with E-state index in [1.165, 1.54) is 24.3 Å². The Morgan fingerprint density at radius 1 is 1.16 bits per heavy atom. The SMILES string of the molecule is Nc1ccc(O)c(C(=O)Nc2ccc(Cl)cc2N)c1. The number of carbonyl (C=O) groups is 1. The maximum Gasteiger partial charge on any atom is 0.259 e. The Bertz CT molecular complexity index is 644. The van der Waals surface area contributed by atoms with Gasteiger partial charge in [0.05, 0.1) is 16.9 Å². The molecule has 0 bridgehead atoms. The van der Waals surface area contributed by atoms with Gasteiger partial charge in [-0.25, -0.2) is 0 Å². The van der Waals surface area contributed by atoms with Gasteiger partial charge in [-0.15, -0.1) is 0 Å². The molecule has 0 heterocycles. The van der Waals surface area contributed by atoms with Crippen molar-refractivity contribution in [1.29, 1.82) is 0 Å². The molecule has 0 atom stereocenters. The van der Waals surface area contributed by atoms with Crippen LogP contribution >= 0.6 is 11.6 Å². The Kier molecular flexibility index (Phi) is 3.48. The molecule has 2 aromatic rings. The number of phenols is 1. The number of halogens is 1. The van der Waals surface area contributed by atoms with E-state index in [0.717, 1.165) is 0 Å². The fraction of sp³-hybridized carbons (Fsp3) is 0. The molecule has 0 saturated carbocycles. The minimum atomic E-state index is -0.501. The van der Waals surface area contributed by atoms with Crippen LogP contribution in [-0.2, 0) is 0 Å². The van der Waals surface area contributed by atoms with Crippen molar-refractivity contribution < 1.29 is 9.90 Å². The highest BCUT2D eigenvalue weighted by molar-refractivity contribution is 6.31. The highest BCUT2D eigenvalue weighted by Gasteiger charge is 2.13. The van der Waals surface area contributed by atoms with Crippen molar-refractivity contribution in [2.75, 3.05) is 16.8 Å². The fourth-order valence-electron chi connectivity index (χ4n) is 1.57. The Balaban J connectivity index is 2.28. The number of amides is 1. The van der Waals surface area contributed by atoms with E-state index in [9.17, 15) is 9.90 Å². The third-order valence-electron chi connectivity index (χ3n) is 2.53. The van der Waals surface area contributed by atoms with Crippen molar-refractivity contribution in [2.24, 2.45) is 0 Å². The van der Waals surface area contributed by atoms with E-state index >= 15 is 0 Å². The quantitative estimate of drug-likeness (QED) is 0.500. The van der Waals surface area contributed by atoms with Crippen LogP contribution in [0.3, 0.4) is 0 Å². The van der Waals surface area contributed by atoms with Crippen molar-refractivity contribution in [3.63, 3.8) is 0 Å². The Hall–Kier alpha value is -2.40. The number of anilines is 3. The van der Waals surface area contributed by atoms with E-state index in [1.54, 1.807) is 12.1 Å². The van der Waals surface area contributed by atoms with Gasteiger partial charge in [-0.05, 0) is 36.4 Å². The third kappa shape index (κ3) is 2.89. The summed E-state index contributed by atoms with van der Waals surface area (Å²) in [5.74, 6) is -0.655.